The standard InChI is InChI=1S/C24H31FN2O6/c1-6-16(7-2)22(33-18-10-8-17(25)9-11-18)15(4)32-24(30)14(3)27-23(29)20-21(28)19(31-5)12-13-26-20/h8-16,22,28H,6-7H2,1-5H3,(H,27,29)/t14-,15-,22-/m0/s1. The molecule has 1 aromatic heterocycles. The third-order valence-corrected chi connectivity index (χ3v) is 5.39. The number of nitrogens with zero attached hydrogens (tertiary/aromatic N) is 1. The van der Waals surface area contributed by atoms with Crippen molar-refractivity contribution in [2.45, 2.75) is 58.8 Å². The van der Waals surface area contributed by atoms with Gasteiger partial charge in [0, 0.05) is 12.3 Å². The van der Waals surface area contributed by atoms with Crippen LogP contribution < -0.4 is 14.8 Å². The molecule has 0 spiro atoms. The van der Waals surface area contributed by atoms with Crippen molar-refractivity contribution in [3.63, 3.8) is 0 Å². The molecule has 3 atom stereocenters. The third-order valence-electron chi connectivity index (χ3n) is 5.39. The predicted molar refractivity (Wildman–Crippen MR) is 120 cm³/mol. The lowest BCUT2D eigenvalue weighted by molar-refractivity contribution is -0.156. The first-order chi connectivity index (χ1) is 15.7. The number of hydrogen-bond donors (Lipinski definition) is 2. The molecule has 33 heavy (non-hydrogen) atoms. The number of methoxy groups -OCH3 is 1. The Morgan fingerprint density at radius 3 is 2.33 bits per heavy atom. The Kier molecular flexibility index (Phi) is 9.44. The number of rotatable bonds is 11. The summed E-state index contributed by atoms with van der Waals surface area (Å²) in [5.74, 6) is -1.57. The smallest absolute Gasteiger partial charge is 0.328 e. The number of pyridine rings is 1. The van der Waals surface area contributed by atoms with Crippen LogP contribution in [0.2, 0.25) is 0 Å². The molecule has 0 saturated carbocycles. The second-order valence-electron chi connectivity index (χ2n) is 7.66. The number of hydrogen-bond acceptors (Lipinski definition) is 7. The van der Waals surface area contributed by atoms with E-state index in [0.29, 0.717) is 5.75 Å². The highest BCUT2D eigenvalue weighted by atomic mass is 19.1. The number of aromatic nitrogens is 1. The summed E-state index contributed by atoms with van der Waals surface area (Å²) < 4.78 is 29.9. The normalized spacial score (nSPS) is 13.7. The Morgan fingerprint density at radius 2 is 1.76 bits per heavy atom. The number of nitrogens with one attached hydrogen (secondary N) is 1. The van der Waals surface area contributed by atoms with Crippen LogP contribution in [0, 0.1) is 11.7 Å². The van der Waals surface area contributed by atoms with Crippen LogP contribution in [0.1, 0.15) is 51.0 Å². The van der Waals surface area contributed by atoms with E-state index in [9.17, 15) is 19.1 Å². The zero-order valence-corrected chi connectivity index (χ0v) is 19.5. The molecular formula is C24H31FN2O6. The molecule has 0 aliphatic carbocycles. The van der Waals surface area contributed by atoms with Crippen LogP contribution in [0.4, 0.5) is 4.39 Å². The van der Waals surface area contributed by atoms with E-state index in [2.05, 4.69) is 10.3 Å². The van der Waals surface area contributed by atoms with Crippen LogP contribution in [0.15, 0.2) is 36.5 Å². The molecule has 0 aliphatic heterocycles. The van der Waals surface area contributed by atoms with Crippen molar-refractivity contribution in [2.75, 3.05) is 7.11 Å². The SMILES string of the molecule is CCC(CC)[C@@H](Oc1ccc(F)cc1)[C@H](C)OC(=O)[C@H](C)NC(=O)c1nccc(OC)c1O. The molecule has 0 aliphatic rings. The van der Waals surface area contributed by atoms with Gasteiger partial charge in [0.2, 0.25) is 0 Å². The maximum absolute atomic E-state index is 13.2. The minimum atomic E-state index is -1.01. The van der Waals surface area contributed by atoms with Crippen LogP contribution >= 0.6 is 0 Å². The van der Waals surface area contributed by atoms with E-state index in [4.69, 9.17) is 14.2 Å². The second kappa shape index (κ2) is 12.0. The number of amides is 1. The molecule has 2 rings (SSSR count). The Labute approximate surface area is 193 Å². The van der Waals surface area contributed by atoms with Crippen LogP contribution in [-0.2, 0) is 9.53 Å². The third kappa shape index (κ3) is 6.81. The van der Waals surface area contributed by atoms with Gasteiger partial charge in [-0.1, -0.05) is 13.8 Å². The lowest BCUT2D eigenvalue weighted by Crippen LogP contribution is -2.45. The maximum Gasteiger partial charge on any atom is 0.328 e. The van der Waals surface area contributed by atoms with Crippen molar-refractivity contribution < 1.29 is 33.3 Å². The van der Waals surface area contributed by atoms with E-state index >= 15 is 0 Å². The second-order valence-corrected chi connectivity index (χ2v) is 7.66. The van der Waals surface area contributed by atoms with Gasteiger partial charge in [0.15, 0.2) is 17.2 Å². The van der Waals surface area contributed by atoms with E-state index in [0.717, 1.165) is 12.8 Å². The summed E-state index contributed by atoms with van der Waals surface area (Å²) in [5, 5.41) is 12.6. The van der Waals surface area contributed by atoms with Gasteiger partial charge in [0.1, 0.15) is 29.8 Å². The van der Waals surface area contributed by atoms with Gasteiger partial charge in [-0.2, -0.15) is 0 Å². The molecule has 2 aromatic rings. The molecule has 0 radical (unpaired) electrons. The van der Waals surface area contributed by atoms with Gasteiger partial charge in [0.05, 0.1) is 7.11 Å². The molecule has 2 N–H and O–H groups in total. The van der Waals surface area contributed by atoms with E-state index in [1.165, 1.54) is 50.6 Å². The number of benzene rings is 1. The number of aromatic hydroxyl groups is 1. The highest BCUT2D eigenvalue weighted by molar-refractivity contribution is 5.97. The first kappa shape index (κ1) is 25.9. The molecule has 1 aromatic carbocycles. The molecule has 1 heterocycles. The Hall–Kier alpha value is -3.36. The lowest BCUT2D eigenvalue weighted by Gasteiger charge is -2.31. The van der Waals surface area contributed by atoms with E-state index in [1.54, 1.807) is 6.92 Å². The van der Waals surface area contributed by atoms with Gasteiger partial charge in [-0.05, 0) is 56.9 Å². The lowest BCUT2D eigenvalue weighted by atomic mass is 9.93. The zero-order chi connectivity index (χ0) is 24.5. The average Bonchev–Trinajstić information content (AvgIpc) is 2.80. The quantitative estimate of drug-likeness (QED) is 0.488. The summed E-state index contributed by atoms with van der Waals surface area (Å²) in [7, 11) is 1.35. The van der Waals surface area contributed by atoms with Crippen LogP contribution in [-0.4, -0.2) is 47.3 Å². The monoisotopic (exact) mass is 462 g/mol. The van der Waals surface area contributed by atoms with E-state index in [-0.39, 0.29) is 23.2 Å². The van der Waals surface area contributed by atoms with Gasteiger partial charge in [-0.15, -0.1) is 0 Å². The summed E-state index contributed by atoms with van der Waals surface area (Å²) >= 11 is 0. The minimum Gasteiger partial charge on any atom is -0.503 e. The molecule has 8 nitrogen and oxygen atoms in total. The van der Waals surface area contributed by atoms with E-state index < -0.39 is 35.9 Å². The van der Waals surface area contributed by atoms with Crippen molar-refractivity contribution in [3.05, 3.63) is 48.0 Å². The van der Waals surface area contributed by atoms with Gasteiger partial charge in [-0.25, -0.2) is 14.2 Å². The highest BCUT2D eigenvalue weighted by Crippen LogP contribution is 2.28. The number of esters is 1. The maximum atomic E-state index is 13.2. The van der Waals surface area contributed by atoms with Crippen LogP contribution in [0.5, 0.6) is 17.2 Å². The molecule has 0 saturated heterocycles. The number of carbonyl (C=O) groups is 2. The Balaban J connectivity index is 2.08. The van der Waals surface area contributed by atoms with Gasteiger partial charge in [-0.3, -0.25) is 4.79 Å². The van der Waals surface area contributed by atoms with Gasteiger partial charge in [0.25, 0.3) is 5.91 Å². The molecule has 0 fully saturated rings. The predicted octanol–water partition coefficient (Wildman–Crippen LogP) is 3.87. The Morgan fingerprint density at radius 1 is 1.12 bits per heavy atom. The molecule has 180 valence electrons. The summed E-state index contributed by atoms with van der Waals surface area (Å²) in [6.45, 7) is 7.21. The number of carbonyl (C=O) groups excluding carboxylic acids is 2. The first-order valence-corrected chi connectivity index (χ1v) is 10.9. The first-order valence-electron chi connectivity index (χ1n) is 10.9. The van der Waals surface area contributed by atoms with Crippen LogP contribution in [0.25, 0.3) is 0 Å². The number of halogens is 1. The largest absolute Gasteiger partial charge is 0.503 e. The van der Waals surface area contributed by atoms with Crippen molar-refractivity contribution in [3.8, 4) is 17.2 Å². The summed E-state index contributed by atoms with van der Waals surface area (Å²) in [6.07, 6.45) is 1.77. The molecule has 0 bridgehead atoms. The summed E-state index contributed by atoms with van der Waals surface area (Å²) in [4.78, 5) is 29.0. The summed E-state index contributed by atoms with van der Waals surface area (Å²) in [5.41, 5.74) is -0.267. The van der Waals surface area contributed by atoms with Gasteiger partial charge < -0.3 is 24.6 Å². The van der Waals surface area contributed by atoms with E-state index in [1.807, 2.05) is 13.8 Å². The van der Waals surface area contributed by atoms with Crippen molar-refractivity contribution in [1.82, 2.24) is 10.3 Å². The van der Waals surface area contributed by atoms with Crippen molar-refractivity contribution in [1.29, 1.82) is 0 Å². The fraction of sp³-hybridized carbons (Fsp3) is 0.458. The molecular weight excluding hydrogens is 431 g/mol. The Bertz CT molecular complexity index is 933. The minimum absolute atomic E-state index is 0.0840. The zero-order valence-electron chi connectivity index (χ0n) is 19.5. The number of ether oxygens (including phenoxy) is 3. The van der Waals surface area contributed by atoms with Crippen LogP contribution in [0.3, 0.4) is 0 Å². The highest BCUT2D eigenvalue weighted by Gasteiger charge is 2.31. The molecule has 0 unspecified atom stereocenters. The topological polar surface area (TPSA) is 107 Å². The molecule has 1 amide bonds. The van der Waals surface area contributed by atoms with Crippen molar-refractivity contribution in [2.24, 2.45) is 5.92 Å². The fourth-order valence-corrected chi connectivity index (χ4v) is 3.44. The molecule has 9 heteroatoms. The average molecular weight is 463 g/mol. The summed E-state index contributed by atoms with van der Waals surface area (Å²) in [6, 6.07) is 6.04. The fourth-order valence-electron chi connectivity index (χ4n) is 3.44. The van der Waals surface area contributed by atoms with Gasteiger partial charge >= 0.3 is 5.97 Å². The van der Waals surface area contributed by atoms with Crippen molar-refractivity contribution >= 4 is 11.9 Å².